The van der Waals surface area contributed by atoms with Crippen LogP contribution in [0.2, 0.25) is 0 Å². The van der Waals surface area contributed by atoms with Crippen LogP contribution in [0.1, 0.15) is 20.3 Å². The van der Waals surface area contributed by atoms with E-state index in [2.05, 4.69) is 15.4 Å². The Hall–Kier alpha value is -1.10. The Morgan fingerprint density at radius 1 is 1.53 bits per heavy atom. The molecule has 1 aliphatic rings. The standard InChI is InChI=1S/C10H18N2O3/c1-6-8(4-5-11-6)9(13)12-7(2)10(14)15-3/h6-8,11H,4-5H2,1-3H3,(H,12,13). The first-order chi connectivity index (χ1) is 7.06. The molecule has 3 unspecified atom stereocenters. The Bertz CT molecular complexity index is 255. The number of nitrogens with one attached hydrogen (secondary N) is 2. The third kappa shape index (κ3) is 2.92. The van der Waals surface area contributed by atoms with E-state index in [-0.39, 0.29) is 17.9 Å². The number of carbonyl (C=O) groups excluding carboxylic acids is 2. The average molecular weight is 214 g/mol. The monoisotopic (exact) mass is 214 g/mol. The fraction of sp³-hybridized carbons (Fsp3) is 0.800. The van der Waals surface area contributed by atoms with Crippen molar-refractivity contribution in [3.05, 3.63) is 0 Å². The minimum atomic E-state index is -0.574. The minimum Gasteiger partial charge on any atom is -0.467 e. The van der Waals surface area contributed by atoms with Gasteiger partial charge in [-0.05, 0) is 26.8 Å². The molecule has 1 amide bonds. The van der Waals surface area contributed by atoms with Gasteiger partial charge in [0, 0.05) is 6.04 Å². The van der Waals surface area contributed by atoms with E-state index in [4.69, 9.17) is 0 Å². The molecule has 0 spiro atoms. The lowest BCUT2D eigenvalue weighted by molar-refractivity contribution is -0.145. The van der Waals surface area contributed by atoms with Crippen LogP contribution in [0.4, 0.5) is 0 Å². The summed E-state index contributed by atoms with van der Waals surface area (Å²) in [5.41, 5.74) is 0. The van der Waals surface area contributed by atoms with Crippen molar-refractivity contribution in [1.82, 2.24) is 10.6 Å². The maximum atomic E-state index is 11.7. The van der Waals surface area contributed by atoms with E-state index in [0.717, 1.165) is 13.0 Å². The van der Waals surface area contributed by atoms with Crippen molar-refractivity contribution in [3.63, 3.8) is 0 Å². The summed E-state index contributed by atoms with van der Waals surface area (Å²) in [5.74, 6) is -0.538. The van der Waals surface area contributed by atoms with Gasteiger partial charge in [-0.25, -0.2) is 4.79 Å². The van der Waals surface area contributed by atoms with Gasteiger partial charge in [-0.15, -0.1) is 0 Å². The first-order valence-electron chi connectivity index (χ1n) is 5.18. The summed E-state index contributed by atoms with van der Waals surface area (Å²) in [4.78, 5) is 22.8. The first-order valence-corrected chi connectivity index (χ1v) is 5.18. The minimum absolute atomic E-state index is 0.0443. The van der Waals surface area contributed by atoms with Gasteiger partial charge >= 0.3 is 5.97 Å². The summed E-state index contributed by atoms with van der Waals surface area (Å²) in [7, 11) is 1.31. The van der Waals surface area contributed by atoms with Crippen LogP contribution in [0.3, 0.4) is 0 Å². The van der Waals surface area contributed by atoms with Gasteiger partial charge in [0.05, 0.1) is 13.0 Å². The molecule has 0 bridgehead atoms. The Labute approximate surface area is 89.6 Å². The highest BCUT2D eigenvalue weighted by atomic mass is 16.5. The lowest BCUT2D eigenvalue weighted by Gasteiger charge is -2.17. The van der Waals surface area contributed by atoms with Gasteiger partial charge in [0.2, 0.25) is 5.91 Å². The fourth-order valence-electron chi connectivity index (χ4n) is 1.77. The van der Waals surface area contributed by atoms with E-state index in [9.17, 15) is 9.59 Å². The molecule has 1 aliphatic heterocycles. The predicted octanol–water partition coefficient (Wildman–Crippen LogP) is -0.338. The summed E-state index contributed by atoms with van der Waals surface area (Å²) in [5, 5.41) is 5.84. The van der Waals surface area contributed by atoms with Gasteiger partial charge in [0.25, 0.3) is 0 Å². The number of esters is 1. The van der Waals surface area contributed by atoms with Gasteiger partial charge < -0.3 is 15.4 Å². The number of ether oxygens (including phenoxy) is 1. The van der Waals surface area contributed by atoms with Crippen LogP contribution < -0.4 is 10.6 Å². The molecule has 0 aromatic heterocycles. The van der Waals surface area contributed by atoms with Crippen molar-refractivity contribution in [1.29, 1.82) is 0 Å². The molecule has 0 saturated carbocycles. The van der Waals surface area contributed by atoms with Gasteiger partial charge in [-0.2, -0.15) is 0 Å². The second-order valence-electron chi connectivity index (χ2n) is 3.89. The molecule has 1 fully saturated rings. The van der Waals surface area contributed by atoms with Gasteiger partial charge in [-0.3, -0.25) is 4.79 Å². The number of hydrogen-bond acceptors (Lipinski definition) is 4. The van der Waals surface area contributed by atoms with Crippen molar-refractivity contribution < 1.29 is 14.3 Å². The molecule has 0 radical (unpaired) electrons. The third-order valence-electron chi connectivity index (χ3n) is 2.78. The van der Waals surface area contributed by atoms with E-state index >= 15 is 0 Å². The quantitative estimate of drug-likeness (QED) is 0.631. The van der Waals surface area contributed by atoms with Crippen molar-refractivity contribution in [2.24, 2.45) is 5.92 Å². The molecule has 3 atom stereocenters. The highest BCUT2D eigenvalue weighted by Gasteiger charge is 2.30. The summed E-state index contributed by atoms with van der Waals surface area (Å²) in [6, 6.07) is -0.398. The summed E-state index contributed by atoms with van der Waals surface area (Å²) >= 11 is 0. The molecular formula is C10H18N2O3. The van der Waals surface area contributed by atoms with Crippen molar-refractivity contribution >= 4 is 11.9 Å². The molecule has 0 aromatic carbocycles. The van der Waals surface area contributed by atoms with Crippen LogP contribution in [0.25, 0.3) is 0 Å². The fourth-order valence-corrected chi connectivity index (χ4v) is 1.77. The summed E-state index contributed by atoms with van der Waals surface area (Å²) < 4.78 is 4.53. The van der Waals surface area contributed by atoms with Crippen molar-refractivity contribution in [2.75, 3.05) is 13.7 Å². The third-order valence-corrected chi connectivity index (χ3v) is 2.78. The molecule has 0 aromatic rings. The van der Waals surface area contributed by atoms with E-state index in [1.54, 1.807) is 6.92 Å². The van der Waals surface area contributed by atoms with Crippen molar-refractivity contribution in [3.8, 4) is 0 Å². The van der Waals surface area contributed by atoms with E-state index in [1.165, 1.54) is 7.11 Å². The lowest BCUT2D eigenvalue weighted by atomic mass is 10.0. The van der Waals surface area contributed by atoms with Crippen LogP contribution in [-0.2, 0) is 14.3 Å². The summed E-state index contributed by atoms with van der Waals surface area (Å²) in [6.45, 7) is 4.45. The second-order valence-corrected chi connectivity index (χ2v) is 3.89. The SMILES string of the molecule is COC(=O)C(C)NC(=O)C1CCNC1C. The highest BCUT2D eigenvalue weighted by molar-refractivity contribution is 5.85. The average Bonchev–Trinajstić information content (AvgIpc) is 2.63. The number of rotatable bonds is 3. The molecule has 1 saturated heterocycles. The number of methoxy groups -OCH3 is 1. The molecule has 1 rings (SSSR count). The topological polar surface area (TPSA) is 67.4 Å². The van der Waals surface area contributed by atoms with Gasteiger partial charge in [-0.1, -0.05) is 0 Å². The van der Waals surface area contributed by atoms with E-state index in [1.807, 2.05) is 6.92 Å². The van der Waals surface area contributed by atoms with Crippen molar-refractivity contribution in [2.45, 2.75) is 32.4 Å². The van der Waals surface area contributed by atoms with Gasteiger partial charge in [0.15, 0.2) is 0 Å². The number of amides is 1. The largest absolute Gasteiger partial charge is 0.467 e. The molecular weight excluding hydrogens is 196 g/mol. The Balaban J connectivity index is 2.44. The normalized spacial score (nSPS) is 27.1. The van der Waals surface area contributed by atoms with Crippen LogP contribution in [0, 0.1) is 5.92 Å². The van der Waals surface area contributed by atoms with E-state index < -0.39 is 12.0 Å². The lowest BCUT2D eigenvalue weighted by Crippen LogP contribution is -2.44. The second kappa shape index (κ2) is 5.11. The molecule has 5 nitrogen and oxygen atoms in total. The molecule has 15 heavy (non-hydrogen) atoms. The van der Waals surface area contributed by atoms with Gasteiger partial charge in [0.1, 0.15) is 6.04 Å². The molecule has 1 heterocycles. The highest BCUT2D eigenvalue weighted by Crippen LogP contribution is 2.15. The van der Waals surface area contributed by atoms with Crippen LogP contribution in [0.5, 0.6) is 0 Å². The Kier molecular flexibility index (Phi) is 4.08. The first kappa shape index (κ1) is 12.0. The zero-order chi connectivity index (χ0) is 11.4. The Morgan fingerprint density at radius 2 is 2.20 bits per heavy atom. The molecule has 86 valence electrons. The zero-order valence-corrected chi connectivity index (χ0v) is 9.37. The van der Waals surface area contributed by atoms with E-state index in [0.29, 0.717) is 0 Å². The van der Waals surface area contributed by atoms with Crippen LogP contribution in [-0.4, -0.2) is 37.6 Å². The number of hydrogen-bond donors (Lipinski definition) is 2. The van der Waals surface area contributed by atoms with Crippen LogP contribution >= 0.6 is 0 Å². The number of carbonyl (C=O) groups is 2. The maximum Gasteiger partial charge on any atom is 0.328 e. The zero-order valence-electron chi connectivity index (χ0n) is 9.37. The predicted molar refractivity (Wildman–Crippen MR) is 55.2 cm³/mol. The maximum absolute atomic E-state index is 11.7. The summed E-state index contributed by atoms with van der Waals surface area (Å²) in [6.07, 6.45) is 0.820. The molecule has 5 heteroatoms. The molecule has 2 N–H and O–H groups in total. The van der Waals surface area contributed by atoms with Crippen LogP contribution in [0.15, 0.2) is 0 Å². The Morgan fingerprint density at radius 3 is 2.67 bits per heavy atom. The molecule has 0 aliphatic carbocycles. The smallest absolute Gasteiger partial charge is 0.328 e.